The first-order chi connectivity index (χ1) is 7.73. The van der Waals surface area contributed by atoms with E-state index in [0.29, 0.717) is 12.0 Å². The van der Waals surface area contributed by atoms with E-state index in [1.165, 1.54) is 12.1 Å². The van der Waals surface area contributed by atoms with Crippen molar-refractivity contribution >= 4 is 7.60 Å². The van der Waals surface area contributed by atoms with Gasteiger partial charge in [-0.05, 0) is 18.1 Å². The van der Waals surface area contributed by atoms with Crippen LogP contribution in [0.25, 0.3) is 0 Å². The van der Waals surface area contributed by atoms with Crippen molar-refractivity contribution in [1.29, 1.82) is 0 Å². The van der Waals surface area contributed by atoms with Gasteiger partial charge in [0.25, 0.3) is 0 Å². The molecule has 96 valence electrons. The number of hydrogen-bond donors (Lipinski definition) is 0. The molecule has 0 saturated carbocycles. The molecule has 7 heteroatoms. The molecule has 0 saturated heterocycles. The SMILES string of the molecule is CCc1ccccc1OP(=O)([O-])CC(F)(F)F. The van der Waals surface area contributed by atoms with E-state index in [9.17, 15) is 22.6 Å². The van der Waals surface area contributed by atoms with Crippen LogP contribution < -0.4 is 9.42 Å². The van der Waals surface area contributed by atoms with Gasteiger partial charge >= 0.3 is 6.18 Å². The Balaban J connectivity index is 2.86. The maximum atomic E-state index is 12.0. The molecule has 17 heavy (non-hydrogen) atoms. The zero-order valence-corrected chi connectivity index (χ0v) is 9.92. The van der Waals surface area contributed by atoms with E-state index in [2.05, 4.69) is 4.52 Å². The Labute approximate surface area is 96.8 Å². The minimum Gasteiger partial charge on any atom is -0.769 e. The molecule has 0 heterocycles. The molecule has 0 aliphatic carbocycles. The molecule has 0 aliphatic heterocycles. The van der Waals surface area contributed by atoms with E-state index in [0.717, 1.165) is 0 Å². The van der Waals surface area contributed by atoms with Crippen molar-refractivity contribution in [1.82, 2.24) is 0 Å². The summed E-state index contributed by atoms with van der Waals surface area (Å²) in [5, 5.41) is 0. The number of hydrogen-bond acceptors (Lipinski definition) is 3. The maximum absolute atomic E-state index is 12.0. The van der Waals surface area contributed by atoms with Gasteiger partial charge in [0.2, 0.25) is 0 Å². The van der Waals surface area contributed by atoms with Gasteiger partial charge in [0, 0.05) is 0 Å². The fraction of sp³-hybridized carbons (Fsp3) is 0.400. The summed E-state index contributed by atoms with van der Waals surface area (Å²) in [6, 6.07) is 6.09. The molecule has 1 atom stereocenters. The Morgan fingerprint density at radius 1 is 1.35 bits per heavy atom. The van der Waals surface area contributed by atoms with Crippen molar-refractivity contribution in [3.8, 4) is 5.75 Å². The van der Waals surface area contributed by atoms with Crippen LogP contribution in [0.1, 0.15) is 12.5 Å². The summed E-state index contributed by atoms with van der Waals surface area (Å²) in [5.74, 6) is -0.0439. The smallest absolute Gasteiger partial charge is 0.397 e. The zero-order chi connectivity index (χ0) is 13.1. The minimum atomic E-state index is -4.95. The first kappa shape index (κ1) is 14.1. The highest BCUT2D eigenvalue weighted by atomic mass is 31.2. The Morgan fingerprint density at radius 3 is 2.47 bits per heavy atom. The summed E-state index contributed by atoms with van der Waals surface area (Å²) in [4.78, 5) is 11.2. The second-order valence-corrected chi connectivity index (χ2v) is 5.16. The molecule has 0 spiro atoms. The van der Waals surface area contributed by atoms with Crippen LogP contribution in [0.2, 0.25) is 0 Å². The van der Waals surface area contributed by atoms with Gasteiger partial charge in [-0.15, -0.1) is 0 Å². The quantitative estimate of drug-likeness (QED) is 0.788. The van der Waals surface area contributed by atoms with Gasteiger partial charge in [-0.3, -0.25) is 4.57 Å². The summed E-state index contributed by atoms with van der Waals surface area (Å²) < 4.78 is 51.6. The molecule has 0 amide bonds. The predicted molar refractivity (Wildman–Crippen MR) is 55.0 cm³/mol. The maximum Gasteiger partial charge on any atom is 0.397 e. The van der Waals surface area contributed by atoms with Crippen LogP contribution in [0.5, 0.6) is 5.75 Å². The van der Waals surface area contributed by atoms with Crippen molar-refractivity contribution in [2.75, 3.05) is 6.16 Å². The van der Waals surface area contributed by atoms with Crippen molar-refractivity contribution in [3.63, 3.8) is 0 Å². The molecule has 1 aromatic carbocycles. The van der Waals surface area contributed by atoms with Gasteiger partial charge in [0.1, 0.15) is 11.9 Å². The Morgan fingerprint density at radius 2 is 1.94 bits per heavy atom. The molecule has 0 aromatic heterocycles. The van der Waals surface area contributed by atoms with Crippen molar-refractivity contribution in [2.45, 2.75) is 19.5 Å². The fourth-order valence-corrected chi connectivity index (χ4v) is 2.27. The van der Waals surface area contributed by atoms with E-state index in [4.69, 9.17) is 0 Å². The molecular formula is C10H11F3O3P-. The molecule has 0 radical (unpaired) electrons. The van der Waals surface area contributed by atoms with Gasteiger partial charge in [0.15, 0.2) is 7.60 Å². The summed E-state index contributed by atoms with van der Waals surface area (Å²) in [6.07, 6.45) is -6.28. The molecule has 0 N–H and O–H groups in total. The normalized spacial score (nSPS) is 15.4. The largest absolute Gasteiger partial charge is 0.769 e. The van der Waals surface area contributed by atoms with E-state index in [-0.39, 0.29) is 5.75 Å². The highest BCUT2D eigenvalue weighted by Crippen LogP contribution is 2.44. The van der Waals surface area contributed by atoms with E-state index < -0.39 is 19.9 Å². The standard InChI is InChI=1S/C10H12F3O3P/c1-2-8-5-3-4-6-9(8)16-17(14,15)7-10(11,12)13/h3-6H,2,7H2,1H3,(H,14,15)/p-1. The van der Waals surface area contributed by atoms with Crippen molar-refractivity contribution < 1.29 is 27.2 Å². The van der Waals surface area contributed by atoms with Crippen molar-refractivity contribution in [3.05, 3.63) is 29.8 Å². The topological polar surface area (TPSA) is 49.4 Å². The monoisotopic (exact) mass is 267 g/mol. The second kappa shape index (κ2) is 5.10. The first-order valence-electron chi connectivity index (χ1n) is 4.88. The molecule has 0 fully saturated rings. The molecular weight excluding hydrogens is 256 g/mol. The molecule has 1 rings (SSSR count). The third kappa shape index (κ3) is 4.79. The van der Waals surface area contributed by atoms with Crippen LogP contribution in [0.4, 0.5) is 13.2 Å². The molecule has 3 nitrogen and oxygen atoms in total. The lowest BCUT2D eigenvalue weighted by molar-refractivity contribution is -0.201. The summed E-state index contributed by atoms with van der Waals surface area (Å²) in [6.45, 7) is 1.75. The number of aryl methyl sites for hydroxylation is 1. The summed E-state index contributed by atoms with van der Waals surface area (Å²) in [5.41, 5.74) is 0.547. The number of alkyl halides is 3. The third-order valence-corrected chi connectivity index (χ3v) is 3.18. The van der Waals surface area contributed by atoms with Crippen LogP contribution in [0, 0.1) is 0 Å². The lowest BCUT2D eigenvalue weighted by Gasteiger charge is -2.26. The number of rotatable bonds is 4. The highest BCUT2D eigenvalue weighted by molar-refractivity contribution is 7.51. The number of para-hydroxylation sites is 1. The first-order valence-corrected chi connectivity index (χ1v) is 6.60. The minimum absolute atomic E-state index is 0.0439. The van der Waals surface area contributed by atoms with Gasteiger partial charge in [-0.25, -0.2) is 0 Å². The van der Waals surface area contributed by atoms with Crippen LogP contribution in [0.3, 0.4) is 0 Å². The summed E-state index contributed by atoms with van der Waals surface area (Å²) >= 11 is 0. The van der Waals surface area contributed by atoms with Gasteiger partial charge < -0.3 is 9.42 Å². The van der Waals surface area contributed by atoms with Crippen LogP contribution >= 0.6 is 7.60 Å². The average molecular weight is 267 g/mol. The average Bonchev–Trinajstić information content (AvgIpc) is 2.14. The lowest BCUT2D eigenvalue weighted by atomic mass is 10.1. The van der Waals surface area contributed by atoms with E-state index in [1.54, 1.807) is 19.1 Å². The van der Waals surface area contributed by atoms with Gasteiger partial charge in [-0.1, -0.05) is 25.1 Å². The van der Waals surface area contributed by atoms with Crippen LogP contribution in [-0.2, 0) is 11.0 Å². The Kier molecular flexibility index (Phi) is 4.22. The number of benzene rings is 1. The lowest BCUT2D eigenvalue weighted by Crippen LogP contribution is -2.22. The zero-order valence-electron chi connectivity index (χ0n) is 9.03. The third-order valence-electron chi connectivity index (χ3n) is 1.96. The number of halogens is 3. The molecule has 1 unspecified atom stereocenters. The van der Waals surface area contributed by atoms with E-state index >= 15 is 0 Å². The van der Waals surface area contributed by atoms with Gasteiger partial charge in [0.05, 0.1) is 0 Å². The fourth-order valence-electron chi connectivity index (χ4n) is 1.29. The van der Waals surface area contributed by atoms with Crippen LogP contribution in [-0.4, -0.2) is 12.3 Å². The molecule has 1 aromatic rings. The van der Waals surface area contributed by atoms with Gasteiger partial charge in [-0.2, -0.15) is 13.2 Å². The Bertz CT molecular complexity index is 431. The molecule has 0 aliphatic rings. The highest BCUT2D eigenvalue weighted by Gasteiger charge is 2.34. The molecule has 0 bridgehead atoms. The van der Waals surface area contributed by atoms with E-state index in [1.807, 2.05) is 0 Å². The summed E-state index contributed by atoms with van der Waals surface area (Å²) in [7, 11) is -4.95. The predicted octanol–water partition coefficient (Wildman–Crippen LogP) is 2.74. The Hall–Kier alpha value is -1.00. The second-order valence-electron chi connectivity index (χ2n) is 3.44. The van der Waals surface area contributed by atoms with Crippen molar-refractivity contribution in [2.24, 2.45) is 0 Å². The van der Waals surface area contributed by atoms with Crippen LogP contribution in [0.15, 0.2) is 24.3 Å².